The first-order valence-electron chi connectivity index (χ1n) is 6.28. The number of amides is 1. The van der Waals surface area contributed by atoms with Gasteiger partial charge in [0.2, 0.25) is 5.91 Å². The van der Waals surface area contributed by atoms with E-state index in [4.69, 9.17) is 9.84 Å². The van der Waals surface area contributed by atoms with Crippen LogP contribution >= 0.6 is 0 Å². The first-order valence-corrected chi connectivity index (χ1v) is 6.28. The number of carbonyl (C=O) groups is 2. The fourth-order valence-electron chi connectivity index (χ4n) is 2.44. The van der Waals surface area contributed by atoms with Crippen LogP contribution in [0.25, 0.3) is 0 Å². The summed E-state index contributed by atoms with van der Waals surface area (Å²) in [6.45, 7) is 10.3. The Morgan fingerprint density at radius 3 is 2.28 bits per heavy atom. The van der Waals surface area contributed by atoms with Crippen LogP contribution in [0.5, 0.6) is 0 Å². The molecule has 2 unspecified atom stereocenters. The van der Waals surface area contributed by atoms with Gasteiger partial charge in [0.05, 0.1) is 17.4 Å². The van der Waals surface area contributed by atoms with Gasteiger partial charge in [-0.15, -0.1) is 0 Å². The number of ether oxygens (including phenoxy) is 1. The van der Waals surface area contributed by atoms with E-state index in [0.29, 0.717) is 13.2 Å². The van der Waals surface area contributed by atoms with E-state index in [9.17, 15) is 9.59 Å². The number of carboxylic acids is 1. The maximum absolute atomic E-state index is 12.0. The molecular weight excluding hydrogens is 234 g/mol. The summed E-state index contributed by atoms with van der Waals surface area (Å²) in [4.78, 5) is 22.9. The van der Waals surface area contributed by atoms with Gasteiger partial charge in [0.1, 0.15) is 0 Å². The average Bonchev–Trinajstić information content (AvgIpc) is 2.78. The van der Waals surface area contributed by atoms with Crippen LogP contribution in [0.1, 0.15) is 34.6 Å². The zero-order valence-corrected chi connectivity index (χ0v) is 11.7. The van der Waals surface area contributed by atoms with Gasteiger partial charge in [-0.05, 0) is 26.2 Å². The highest BCUT2D eigenvalue weighted by atomic mass is 16.5. The quantitative estimate of drug-likeness (QED) is 0.751. The van der Waals surface area contributed by atoms with E-state index in [0.717, 1.165) is 0 Å². The highest BCUT2D eigenvalue weighted by Crippen LogP contribution is 2.58. The molecule has 0 heterocycles. The van der Waals surface area contributed by atoms with E-state index < -0.39 is 28.8 Å². The Hall–Kier alpha value is -1.10. The molecule has 5 nitrogen and oxygen atoms in total. The Labute approximate surface area is 108 Å². The maximum atomic E-state index is 12.0. The molecule has 1 rings (SSSR count). The molecule has 0 aromatic rings. The fourth-order valence-corrected chi connectivity index (χ4v) is 2.44. The fraction of sp³-hybridized carbons (Fsp3) is 0.846. The minimum absolute atomic E-state index is 0.194. The molecule has 0 aromatic carbocycles. The molecule has 5 heteroatoms. The lowest BCUT2D eigenvalue weighted by atomic mass is 10.1. The molecule has 1 amide bonds. The van der Waals surface area contributed by atoms with Crippen LogP contribution < -0.4 is 5.32 Å². The average molecular weight is 257 g/mol. The predicted octanol–water partition coefficient (Wildman–Crippen LogP) is 1.27. The highest BCUT2D eigenvalue weighted by molar-refractivity contribution is 5.91. The van der Waals surface area contributed by atoms with E-state index in [1.165, 1.54) is 0 Å². The van der Waals surface area contributed by atoms with Gasteiger partial charge in [-0.25, -0.2) is 0 Å². The van der Waals surface area contributed by atoms with Gasteiger partial charge >= 0.3 is 5.97 Å². The van der Waals surface area contributed by atoms with Crippen LogP contribution in [0, 0.1) is 17.3 Å². The summed E-state index contributed by atoms with van der Waals surface area (Å²) >= 11 is 0. The lowest BCUT2D eigenvalue weighted by molar-refractivity contribution is -0.140. The van der Waals surface area contributed by atoms with Gasteiger partial charge in [-0.3, -0.25) is 9.59 Å². The SMILES string of the molecule is CCOC(C)(C)CNC(=O)C1C(C(=O)O)C1(C)C. The molecule has 1 fully saturated rings. The smallest absolute Gasteiger partial charge is 0.307 e. The minimum atomic E-state index is -0.899. The van der Waals surface area contributed by atoms with Crippen molar-refractivity contribution in [3.8, 4) is 0 Å². The Morgan fingerprint density at radius 1 is 1.33 bits per heavy atom. The summed E-state index contributed by atoms with van der Waals surface area (Å²) in [5, 5.41) is 11.8. The lowest BCUT2D eigenvalue weighted by Gasteiger charge is -2.25. The molecule has 0 radical (unpaired) electrons. The molecule has 1 aliphatic rings. The third-order valence-corrected chi connectivity index (χ3v) is 3.60. The molecule has 0 aromatic heterocycles. The van der Waals surface area contributed by atoms with Gasteiger partial charge in [-0.1, -0.05) is 13.8 Å². The molecule has 1 aliphatic carbocycles. The van der Waals surface area contributed by atoms with Gasteiger partial charge in [0.15, 0.2) is 0 Å². The number of aliphatic carboxylic acids is 1. The number of carbonyl (C=O) groups excluding carboxylic acids is 1. The monoisotopic (exact) mass is 257 g/mol. The van der Waals surface area contributed by atoms with Crippen molar-refractivity contribution < 1.29 is 19.4 Å². The lowest BCUT2D eigenvalue weighted by Crippen LogP contribution is -2.41. The summed E-state index contributed by atoms with van der Waals surface area (Å²) in [6.07, 6.45) is 0. The second-order valence-corrected chi connectivity index (χ2v) is 6.03. The highest BCUT2D eigenvalue weighted by Gasteiger charge is 2.65. The zero-order valence-electron chi connectivity index (χ0n) is 11.7. The van der Waals surface area contributed by atoms with Crippen molar-refractivity contribution in [1.29, 1.82) is 0 Å². The molecular formula is C13H23NO4. The predicted molar refractivity (Wildman–Crippen MR) is 67.1 cm³/mol. The minimum Gasteiger partial charge on any atom is -0.481 e. The van der Waals surface area contributed by atoms with Gasteiger partial charge in [0, 0.05) is 13.2 Å². The van der Waals surface area contributed by atoms with Crippen LogP contribution in [0.2, 0.25) is 0 Å². The summed E-state index contributed by atoms with van der Waals surface area (Å²) in [6, 6.07) is 0. The van der Waals surface area contributed by atoms with Gasteiger partial charge < -0.3 is 15.2 Å². The summed E-state index contributed by atoms with van der Waals surface area (Å²) < 4.78 is 5.48. The largest absolute Gasteiger partial charge is 0.481 e. The molecule has 0 bridgehead atoms. The summed E-state index contributed by atoms with van der Waals surface area (Å²) in [5.74, 6) is -2.11. The second-order valence-electron chi connectivity index (χ2n) is 6.03. The number of nitrogens with one attached hydrogen (secondary N) is 1. The Bertz CT molecular complexity index is 349. The van der Waals surface area contributed by atoms with Gasteiger partial charge in [0.25, 0.3) is 0 Å². The van der Waals surface area contributed by atoms with Crippen LogP contribution in [0.15, 0.2) is 0 Å². The van der Waals surface area contributed by atoms with Crippen LogP contribution in [0.3, 0.4) is 0 Å². The number of carboxylic acid groups (broad SMARTS) is 1. The van der Waals surface area contributed by atoms with Crippen LogP contribution in [-0.2, 0) is 14.3 Å². The molecule has 104 valence electrons. The van der Waals surface area contributed by atoms with Crippen molar-refractivity contribution >= 4 is 11.9 Å². The molecule has 0 saturated heterocycles. The third-order valence-electron chi connectivity index (χ3n) is 3.60. The van der Waals surface area contributed by atoms with E-state index in [-0.39, 0.29) is 5.91 Å². The summed E-state index contributed by atoms with van der Waals surface area (Å²) in [7, 11) is 0. The van der Waals surface area contributed by atoms with Crippen molar-refractivity contribution in [2.45, 2.75) is 40.2 Å². The number of hydrogen-bond donors (Lipinski definition) is 2. The second kappa shape index (κ2) is 4.88. The third kappa shape index (κ3) is 3.02. The van der Waals surface area contributed by atoms with Gasteiger partial charge in [-0.2, -0.15) is 0 Å². The standard InChI is InChI=1S/C13H23NO4/c1-6-18-12(2,3)7-14-10(15)8-9(11(16)17)13(8,4)5/h8-9H,6-7H2,1-5H3,(H,14,15)(H,16,17). The molecule has 2 atom stereocenters. The number of rotatable bonds is 6. The van der Waals surface area contributed by atoms with E-state index in [2.05, 4.69) is 5.32 Å². The van der Waals surface area contributed by atoms with E-state index in [1.54, 1.807) is 0 Å². The van der Waals surface area contributed by atoms with Crippen LogP contribution in [-0.4, -0.2) is 35.7 Å². The zero-order chi connectivity index (χ0) is 14.1. The van der Waals surface area contributed by atoms with Crippen LogP contribution in [0.4, 0.5) is 0 Å². The molecule has 0 spiro atoms. The first kappa shape index (κ1) is 15.0. The molecule has 0 aliphatic heterocycles. The molecule has 1 saturated carbocycles. The summed E-state index contributed by atoms with van der Waals surface area (Å²) in [5.41, 5.74) is -0.881. The van der Waals surface area contributed by atoms with E-state index >= 15 is 0 Å². The Balaban J connectivity index is 2.51. The van der Waals surface area contributed by atoms with Crippen molar-refractivity contribution in [3.05, 3.63) is 0 Å². The first-order chi connectivity index (χ1) is 8.13. The van der Waals surface area contributed by atoms with Crippen molar-refractivity contribution in [3.63, 3.8) is 0 Å². The van der Waals surface area contributed by atoms with E-state index in [1.807, 2.05) is 34.6 Å². The van der Waals surface area contributed by atoms with Crippen molar-refractivity contribution in [1.82, 2.24) is 5.32 Å². The van der Waals surface area contributed by atoms with Crippen molar-refractivity contribution in [2.75, 3.05) is 13.2 Å². The topological polar surface area (TPSA) is 75.6 Å². The Kier molecular flexibility index (Phi) is 4.05. The number of hydrogen-bond acceptors (Lipinski definition) is 3. The van der Waals surface area contributed by atoms with Crippen molar-refractivity contribution in [2.24, 2.45) is 17.3 Å². The Morgan fingerprint density at radius 2 is 1.89 bits per heavy atom. The normalized spacial score (nSPS) is 25.6. The molecule has 2 N–H and O–H groups in total. The maximum Gasteiger partial charge on any atom is 0.307 e. The molecule has 18 heavy (non-hydrogen) atoms.